The van der Waals surface area contributed by atoms with E-state index < -0.39 is 11.8 Å². The Balaban J connectivity index is 3.28. The molecule has 1 aromatic carbocycles. The number of hydrogen-bond donors (Lipinski definition) is 2. The second-order valence-electron chi connectivity index (χ2n) is 3.52. The molecule has 2 amide bonds. The first-order chi connectivity index (χ1) is 7.97. The largest absolute Gasteiger partial charge is 0.366 e. The van der Waals surface area contributed by atoms with Gasteiger partial charge in [0.1, 0.15) is 0 Å². The predicted molar refractivity (Wildman–Crippen MR) is 73.7 cm³/mol. The van der Waals surface area contributed by atoms with Gasteiger partial charge < -0.3 is 11.5 Å². The summed E-state index contributed by atoms with van der Waals surface area (Å²) in [6.07, 6.45) is 0.503. The third kappa shape index (κ3) is 3.54. The van der Waals surface area contributed by atoms with E-state index in [4.69, 9.17) is 11.5 Å². The fourth-order valence-corrected chi connectivity index (χ4v) is 2.10. The van der Waals surface area contributed by atoms with E-state index in [1.54, 1.807) is 18.2 Å². The Morgan fingerprint density at radius 2 is 1.65 bits per heavy atom. The highest BCUT2D eigenvalue weighted by Crippen LogP contribution is 2.20. The van der Waals surface area contributed by atoms with E-state index in [1.165, 1.54) is 0 Å². The van der Waals surface area contributed by atoms with Crippen LogP contribution in [0.5, 0.6) is 0 Å². The van der Waals surface area contributed by atoms with Crippen LogP contribution < -0.4 is 11.5 Å². The fourth-order valence-electron chi connectivity index (χ4n) is 1.54. The molecule has 0 fully saturated rings. The van der Waals surface area contributed by atoms with Crippen molar-refractivity contribution in [2.45, 2.75) is 11.2 Å². The van der Waals surface area contributed by atoms with Gasteiger partial charge in [-0.05, 0) is 24.1 Å². The van der Waals surface area contributed by atoms with Crippen molar-refractivity contribution in [1.82, 2.24) is 0 Å². The van der Waals surface area contributed by atoms with E-state index in [0.29, 0.717) is 28.4 Å². The van der Waals surface area contributed by atoms with Gasteiger partial charge in [0, 0.05) is 21.3 Å². The number of rotatable bonds is 5. The third-order valence-electron chi connectivity index (χ3n) is 2.30. The lowest BCUT2D eigenvalue weighted by Gasteiger charge is -2.13. The van der Waals surface area contributed by atoms with Crippen molar-refractivity contribution >= 4 is 43.7 Å². The normalized spacial score (nSPS) is 12.1. The van der Waals surface area contributed by atoms with E-state index >= 15 is 0 Å². The van der Waals surface area contributed by atoms with Crippen molar-refractivity contribution in [2.75, 3.05) is 5.33 Å². The average Bonchev–Trinajstić information content (AvgIpc) is 2.28. The van der Waals surface area contributed by atoms with Crippen LogP contribution in [0.1, 0.15) is 26.3 Å². The van der Waals surface area contributed by atoms with Crippen molar-refractivity contribution in [3.05, 3.63) is 34.9 Å². The topological polar surface area (TPSA) is 86.2 Å². The Bertz CT molecular complexity index is 417. The van der Waals surface area contributed by atoms with Gasteiger partial charge in [-0.2, -0.15) is 0 Å². The van der Waals surface area contributed by atoms with Gasteiger partial charge in [-0.25, -0.2) is 0 Å². The van der Waals surface area contributed by atoms with Crippen molar-refractivity contribution in [1.29, 1.82) is 0 Å². The van der Waals surface area contributed by atoms with Crippen molar-refractivity contribution in [3.8, 4) is 0 Å². The van der Waals surface area contributed by atoms with Crippen LogP contribution in [0.4, 0.5) is 0 Å². The molecule has 1 rings (SSSR count). The highest BCUT2D eigenvalue weighted by molar-refractivity contribution is 9.12. The Morgan fingerprint density at radius 1 is 1.18 bits per heavy atom. The molecule has 0 aliphatic rings. The van der Waals surface area contributed by atoms with E-state index in [1.807, 2.05) is 0 Å². The first kappa shape index (κ1) is 14.2. The molecule has 0 aliphatic carbocycles. The van der Waals surface area contributed by atoms with Crippen LogP contribution in [-0.4, -0.2) is 22.0 Å². The zero-order valence-corrected chi connectivity index (χ0v) is 12.1. The maximum Gasteiger partial charge on any atom is 0.249 e. The Kier molecular flexibility index (Phi) is 5.14. The van der Waals surface area contributed by atoms with Gasteiger partial charge in [-0.1, -0.05) is 37.9 Å². The van der Waals surface area contributed by atoms with Crippen LogP contribution in [-0.2, 0) is 6.42 Å². The highest BCUT2D eigenvalue weighted by atomic mass is 79.9. The molecule has 0 aromatic heterocycles. The molecule has 17 heavy (non-hydrogen) atoms. The Morgan fingerprint density at radius 3 is 2.00 bits per heavy atom. The number of carbonyl (C=O) groups excluding carboxylic acids is 2. The summed E-state index contributed by atoms with van der Waals surface area (Å²) in [6.45, 7) is 0. The van der Waals surface area contributed by atoms with Gasteiger partial charge in [0.25, 0.3) is 0 Å². The summed E-state index contributed by atoms with van der Waals surface area (Å²) in [6, 6.07) is 4.79. The minimum Gasteiger partial charge on any atom is -0.366 e. The molecule has 0 radical (unpaired) electrons. The van der Waals surface area contributed by atoms with Gasteiger partial charge in [0.15, 0.2) is 0 Å². The standard InChI is InChI=1S/C11H12Br2N2O2/c12-5-6(13)4-9-7(10(14)16)2-1-3-8(9)11(15)17/h1-3,6H,4-5H2,(H2,14,16)(H2,15,17). The first-order valence-electron chi connectivity index (χ1n) is 4.89. The van der Waals surface area contributed by atoms with Gasteiger partial charge in [-0.15, -0.1) is 0 Å². The van der Waals surface area contributed by atoms with Crippen molar-refractivity contribution in [2.24, 2.45) is 11.5 Å². The number of nitrogens with two attached hydrogens (primary N) is 2. The Hall–Kier alpha value is -0.880. The molecule has 6 heteroatoms. The molecule has 4 nitrogen and oxygen atoms in total. The molecular formula is C11H12Br2N2O2. The molecule has 0 bridgehead atoms. The molecule has 0 spiro atoms. The average molecular weight is 364 g/mol. The molecule has 0 aliphatic heterocycles. The zero-order valence-electron chi connectivity index (χ0n) is 8.95. The second kappa shape index (κ2) is 6.16. The SMILES string of the molecule is NC(=O)c1cccc(C(N)=O)c1CC(Br)CBr. The molecule has 1 atom stereocenters. The monoisotopic (exact) mass is 362 g/mol. The van der Waals surface area contributed by atoms with E-state index in [9.17, 15) is 9.59 Å². The van der Waals surface area contributed by atoms with Gasteiger partial charge >= 0.3 is 0 Å². The summed E-state index contributed by atoms with van der Waals surface area (Å²) < 4.78 is 0. The lowest BCUT2D eigenvalue weighted by Crippen LogP contribution is -2.22. The van der Waals surface area contributed by atoms with Crippen LogP contribution in [0.25, 0.3) is 0 Å². The van der Waals surface area contributed by atoms with Crippen LogP contribution >= 0.6 is 31.9 Å². The van der Waals surface area contributed by atoms with E-state index in [0.717, 1.165) is 0 Å². The quantitative estimate of drug-likeness (QED) is 0.778. The summed E-state index contributed by atoms with van der Waals surface area (Å²) in [7, 11) is 0. The summed E-state index contributed by atoms with van der Waals surface area (Å²) in [5.41, 5.74) is 11.8. The maximum atomic E-state index is 11.3. The van der Waals surface area contributed by atoms with Crippen LogP contribution in [0.2, 0.25) is 0 Å². The van der Waals surface area contributed by atoms with Gasteiger partial charge in [0.05, 0.1) is 0 Å². The maximum absolute atomic E-state index is 11.3. The summed E-state index contributed by atoms with van der Waals surface area (Å²) >= 11 is 6.75. The summed E-state index contributed by atoms with van der Waals surface area (Å²) in [5, 5.41) is 0.693. The lowest BCUT2D eigenvalue weighted by atomic mass is 9.96. The Labute approximate surface area is 116 Å². The third-order valence-corrected chi connectivity index (χ3v) is 4.60. The first-order valence-corrected chi connectivity index (χ1v) is 6.92. The number of hydrogen-bond acceptors (Lipinski definition) is 2. The number of carbonyl (C=O) groups is 2. The van der Waals surface area contributed by atoms with E-state index in [-0.39, 0.29) is 4.83 Å². The van der Waals surface area contributed by atoms with Crippen LogP contribution in [0.3, 0.4) is 0 Å². The molecule has 4 N–H and O–H groups in total. The van der Waals surface area contributed by atoms with Gasteiger partial charge in [0.2, 0.25) is 11.8 Å². The summed E-state index contributed by atoms with van der Waals surface area (Å²) in [5.74, 6) is -1.12. The molecule has 1 aromatic rings. The van der Waals surface area contributed by atoms with Crippen molar-refractivity contribution < 1.29 is 9.59 Å². The molecule has 92 valence electrons. The fraction of sp³-hybridized carbons (Fsp3) is 0.273. The predicted octanol–water partition coefficient (Wildman–Crippen LogP) is 1.59. The van der Waals surface area contributed by atoms with Crippen molar-refractivity contribution in [3.63, 3.8) is 0 Å². The minimum atomic E-state index is -0.558. The molecular weight excluding hydrogens is 352 g/mol. The number of amides is 2. The number of benzene rings is 1. The second-order valence-corrected chi connectivity index (χ2v) is 5.46. The van der Waals surface area contributed by atoms with Crippen LogP contribution in [0, 0.1) is 0 Å². The number of alkyl halides is 2. The summed E-state index contributed by atoms with van der Waals surface area (Å²) in [4.78, 5) is 22.7. The minimum absolute atomic E-state index is 0.0982. The van der Waals surface area contributed by atoms with Crippen LogP contribution in [0.15, 0.2) is 18.2 Å². The molecule has 0 heterocycles. The lowest BCUT2D eigenvalue weighted by molar-refractivity contribution is 0.0999. The number of halogens is 2. The highest BCUT2D eigenvalue weighted by Gasteiger charge is 2.18. The molecule has 0 saturated carbocycles. The van der Waals surface area contributed by atoms with E-state index in [2.05, 4.69) is 31.9 Å². The smallest absolute Gasteiger partial charge is 0.249 e. The van der Waals surface area contributed by atoms with Gasteiger partial charge in [-0.3, -0.25) is 9.59 Å². The zero-order chi connectivity index (χ0) is 13.0. The number of primary amides is 2. The molecule has 1 unspecified atom stereocenters. The molecule has 0 saturated heterocycles.